The van der Waals surface area contributed by atoms with Crippen molar-refractivity contribution in [2.75, 3.05) is 0 Å². The van der Waals surface area contributed by atoms with Crippen molar-refractivity contribution in [2.24, 2.45) is 0 Å². The molecule has 0 saturated heterocycles. The van der Waals surface area contributed by atoms with E-state index in [1.165, 1.54) is 6.92 Å². The van der Waals surface area contributed by atoms with Gasteiger partial charge in [-0.15, -0.1) is 0 Å². The van der Waals surface area contributed by atoms with E-state index in [1.54, 1.807) is 30.3 Å². The lowest BCUT2D eigenvalue weighted by Gasteiger charge is -2.24. The van der Waals surface area contributed by atoms with E-state index >= 15 is 0 Å². The Morgan fingerprint density at radius 1 is 0.824 bits per heavy atom. The summed E-state index contributed by atoms with van der Waals surface area (Å²) in [7, 11) is 0. The number of amides is 2. The zero-order valence-electron chi connectivity index (χ0n) is 18.7. The summed E-state index contributed by atoms with van der Waals surface area (Å²) in [6.07, 6.45) is 0.0239. The van der Waals surface area contributed by atoms with E-state index < -0.39 is 12.1 Å². The smallest absolute Gasteiger partial charge is 0.223 e. The molecule has 0 aliphatic heterocycles. The summed E-state index contributed by atoms with van der Waals surface area (Å²) in [5.74, 6) is -0.405. The maximum Gasteiger partial charge on any atom is 0.223 e. The summed E-state index contributed by atoms with van der Waals surface area (Å²) in [6, 6.07) is 26.7. The van der Waals surface area contributed by atoms with Crippen LogP contribution in [-0.2, 0) is 9.59 Å². The Kier molecular flexibility index (Phi) is 7.14. The highest BCUT2D eigenvalue weighted by atomic mass is 35.5. The highest BCUT2D eigenvalue weighted by Gasteiger charge is 2.24. The molecule has 5 nitrogen and oxygen atoms in total. The summed E-state index contributed by atoms with van der Waals surface area (Å²) in [5, 5.41) is 19.2. The van der Waals surface area contributed by atoms with Crippen molar-refractivity contribution in [3.05, 3.63) is 113 Å². The van der Waals surface area contributed by atoms with Gasteiger partial charge < -0.3 is 15.7 Å². The molecule has 2 amide bonds. The minimum absolute atomic E-state index is 0.0239. The number of carbonyl (C=O) groups excluding carboxylic acids is 2. The van der Waals surface area contributed by atoms with Crippen LogP contribution < -0.4 is 10.6 Å². The first-order valence-corrected chi connectivity index (χ1v) is 11.4. The number of nitrogens with one attached hydrogen (secondary N) is 2. The minimum atomic E-state index is -0.581. The van der Waals surface area contributed by atoms with Gasteiger partial charge in [0.1, 0.15) is 5.75 Å². The van der Waals surface area contributed by atoms with Crippen molar-refractivity contribution in [3.8, 4) is 5.75 Å². The second kappa shape index (κ2) is 10.4. The number of phenolic OH excluding ortho intramolecular Hbond substituents is 1. The lowest BCUT2D eigenvalue weighted by atomic mass is 9.92. The molecule has 6 heteroatoms. The minimum Gasteiger partial charge on any atom is -0.508 e. The van der Waals surface area contributed by atoms with E-state index in [0.29, 0.717) is 10.6 Å². The summed E-state index contributed by atoms with van der Waals surface area (Å²) in [6.45, 7) is 1.42. The molecule has 2 unspecified atom stereocenters. The van der Waals surface area contributed by atoms with Gasteiger partial charge in [0.25, 0.3) is 0 Å². The van der Waals surface area contributed by atoms with Gasteiger partial charge in [-0.3, -0.25) is 9.59 Å². The zero-order valence-corrected chi connectivity index (χ0v) is 19.4. The van der Waals surface area contributed by atoms with Gasteiger partial charge in [0.2, 0.25) is 11.8 Å². The number of carbonyl (C=O) groups is 2. The predicted octanol–water partition coefficient (Wildman–Crippen LogP) is 5.67. The Labute approximate surface area is 203 Å². The van der Waals surface area contributed by atoms with Crippen LogP contribution in [0.15, 0.2) is 91.0 Å². The molecule has 0 heterocycles. The first-order chi connectivity index (χ1) is 16.4. The Morgan fingerprint density at radius 2 is 1.50 bits per heavy atom. The van der Waals surface area contributed by atoms with Gasteiger partial charge in [0.05, 0.1) is 18.5 Å². The van der Waals surface area contributed by atoms with Crippen LogP contribution in [0.4, 0.5) is 0 Å². The predicted molar refractivity (Wildman–Crippen MR) is 135 cm³/mol. The molecule has 4 aromatic rings. The van der Waals surface area contributed by atoms with Gasteiger partial charge in [0, 0.05) is 17.5 Å². The highest BCUT2D eigenvalue weighted by molar-refractivity contribution is 6.30. The maximum absolute atomic E-state index is 13.3. The van der Waals surface area contributed by atoms with Crippen LogP contribution in [0.1, 0.15) is 42.1 Å². The topological polar surface area (TPSA) is 78.4 Å². The van der Waals surface area contributed by atoms with Crippen molar-refractivity contribution >= 4 is 34.2 Å². The molecule has 0 aliphatic carbocycles. The number of aromatic hydroxyl groups is 1. The van der Waals surface area contributed by atoms with Crippen molar-refractivity contribution in [1.82, 2.24) is 10.6 Å². The molecule has 0 aromatic heterocycles. The summed E-state index contributed by atoms with van der Waals surface area (Å²) >= 11 is 6.00. The molecule has 0 saturated carbocycles. The van der Waals surface area contributed by atoms with Gasteiger partial charge in [0.15, 0.2) is 0 Å². The monoisotopic (exact) mass is 472 g/mol. The Bertz CT molecular complexity index is 1310. The summed E-state index contributed by atoms with van der Waals surface area (Å²) in [5.41, 5.74) is 2.24. The molecule has 2 atom stereocenters. The second-order valence-electron chi connectivity index (χ2n) is 8.14. The molecular weight excluding hydrogens is 448 g/mol. The Balaban J connectivity index is 1.69. The molecule has 0 radical (unpaired) electrons. The SMILES string of the molecule is CC(=O)NC(CC(=O)NC(c1ccccc1)c1c(O)ccc2ccccc12)c1ccc(Cl)cc1. The van der Waals surface area contributed by atoms with Crippen LogP contribution in [0.3, 0.4) is 0 Å². The molecule has 172 valence electrons. The molecule has 3 N–H and O–H groups in total. The van der Waals surface area contributed by atoms with Crippen LogP contribution in [0.25, 0.3) is 10.8 Å². The maximum atomic E-state index is 13.3. The summed E-state index contributed by atoms with van der Waals surface area (Å²) in [4.78, 5) is 25.1. The number of hydrogen-bond acceptors (Lipinski definition) is 3. The molecule has 4 aromatic carbocycles. The fraction of sp³-hybridized carbons (Fsp3) is 0.143. The van der Waals surface area contributed by atoms with Crippen LogP contribution in [-0.4, -0.2) is 16.9 Å². The molecular formula is C28H25ClN2O3. The van der Waals surface area contributed by atoms with Crippen molar-refractivity contribution < 1.29 is 14.7 Å². The van der Waals surface area contributed by atoms with E-state index in [-0.39, 0.29) is 24.0 Å². The van der Waals surface area contributed by atoms with Crippen molar-refractivity contribution in [1.29, 1.82) is 0 Å². The number of benzene rings is 4. The van der Waals surface area contributed by atoms with Gasteiger partial charge >= 0.3 is 0 Å². The van der Waals surface area contributed by atoms with E-state index in [4.69, 9.17) is 11.6 Å². The van der Waals surface area contributed by atoms with Crippen LogP contribution in [0, 0.1) is 0 Å². The van der Waals surface area contributed by atoms with Gasteiger partial charge in [-0.25, -0.2) is 0 Å². The molecule has 4 rings (SSSR count). The van der Waals surface area contributed by atoms with E-state index in [2.05, 4.69) is 10.6 Å². The average Bonchev–Trinajstić information content (AvgIpc) is 2.83. The van der Waals surface area contributed by atoms with Gasteiger partial charge in [-0.1, -0.05) is 84.4 Å². The Morgan fingerprint density at radius 3 is 2.21 bits per heavy atom. The average molecular weight is 473 g/mol. The number of halogens is 1. The quantitative estimate of drug-likeness (QED) is 0.324. The van der Waals surface area contributed by atoms with Crippen LogP contribution >= 0.6 is 11.6 Å². The first-order valence-electron chi connectivity index (χ1n) is 11.0. The lowest BCUT2D eigenvalue weighted by Crippen LogP contribution is -2.35. The normalized spacial score (nSPS) is 12.6. The lowest BCUT2D eigenvalue weighted by molar-refractivity contribution is -0.123. The van der Waals surface area contributed by atoms with E-state index in [9.17, 15) is 14.7 Å². The van der Waals surface area contributed by atoms with Crippen LogP contribution in [0.2, 0.25) is 5.02 Å². The van der Waals surface area contributed by atoms with Gasteiger partial charge in [-0.2, -0.15) is 0 Å². The summed E-state index contributed by atoms with van der Waals surface area (Å²) < 4.78 is 0. The van der Waals surface area contributed by atoms with Crippen molar-refractivity contribution in [3.63, 3.8) is 0 Å². The van der Waals surface area contributed by atoms with Crippen molar-refractivity contribution in [2.45, 2.75) is 25.4 Å². The first kappa shape index (κ1) is 23.3. The molecule has 0 aliphatic rings. The third kappa shape index (κ3) is 5.38. The Hall–Kier alpha value is -3.83. The van der Waals surface area contributed by atoms with E-state index in [0.717, 1.165) is 21.9 Å². The molecule has 0 spiro atoms. The number of rotatable bonds is 7. The third-order valence-corrected chi connectivity index (χ3v) is 5.97. The third-order valence-electron chi connectivity index (χ3n) is 5.71. The zero-order chi connectivity index (χ0) is 24.1. The fourth-order valence-corrected chi connectivity index (χ4v) is 4.28. The highest BCUT2D eigenvalue weighted by Crippen LogP contribution is 2.36. The number of hydrogen-bond donors (Lipinski definition) is 3. The number of phenols is 1. The van der Waals surface area contributed by atoms with Crippen LogP contribution in [0.5, 0.6) is 5.75 Å². The number of fused-ring (bicyclic) bond motifs is 1. The van der Waals surface area contributed by atoms with E-state index in [1.807, 2.05) is 60.7 Å². The van der Waals surface area contributed by atoms with Gasteiger partial charge in [-0.05, 0) is 40.1 Å². The standard InChI is InChI=1S/C28H25ClN2O3/c1-18(32)30-24(20-11-14-22(29)15-12-20)17-26(34)31-28(21-8-3-2-4-9-21)27-23-10-6-5-7-19(23)13-16-25(27)33/h2-16,24,28,33H,17H2,1H3,(H,30,32)(H,31,34). The second-order valence-corrected chi connectivity index (χ2v) is 8.58. The molecule has 0 fully saturated rings. The largest absolute Gasteiger partial charge is 0.508 e. The molecule has 0 bridgehead atoms. The molecule has 34 heavy (non-hydrogen) atoms. The fourth-order valence-electron chi connectivity index (χ4n) is 4.15.